The van der Waals surface area contributed by atoms with E-state index in [2.05, 4.69) is 43.4 Å². The van der Waals surface area contributed by atoms with Crippen molar-refractivity contribution in [1.29, 1.82) is 0 Å². The normalized spacial score (nSPS) is 12.6. The van der Waals surface area contributed by atoms with Gasteiger partial charge in [-0.2, -0.15) is 0 Å². The highest BCUT2D eigenvalue weighted by Crippen LogP contribution is 2.16. The van der Waals surface area contributed by atoms with Gasteiger partial charge in [0, 0.05) is 6.54 Å². The summed E-state index contributed by atoms with van der Waals surface area (Å²) in [6, 6.07) is 13.0. The van der Waals surface area contributed by atoms with Gasteiger partial charge in [0.2, 0.25) is 0 Å². The van der Waals surface area contributed by atoms with Crippen molar-refractivity contribution >= 4 is 0 Å². The molecule has 96 valence electrons. The van der Waals surface area contributed by atoms with Crippen molar-refractivity contribution in [2.75, 3.05) is 0 Å². The standard InChI is InChI=1S/C16H21NO/c1-4-14-6-8-15(9-7-14)11-17-13(3)16-10-5-12(2)18-16/h5-10,13,17H,4,11H2,1-3H3. The molecule has 1 heterocycles. The second-order valence-electron chi connectivity index (χ2n) is 4.72. The first kappa shape index (κ1) is 12.9. The quantitative estimate of drug-likeness (QED) is 0.858. The molecule has 0 aliphatic carbocycles. The zero-order chi connectivity index (χ0) is 13.0. The molecule has 1 aromatic carbocycles. The van der Waals surface area contributed by atoms with Crippen molar-refractivity contribution in [3.05, 3.63) is 59.0 Å². The summed E-state index contributed by atoms with van der Waals surface area (Å²) in [5.74, 6) is 1.96. The van der Waals surface area contributed by atoms with E-state index in [1.165, 1.54) is 11.1 Å². The Kier molecular flexibility index (Phi) is 4.21. The third-order valence-electron chi connectivity index (χ3n) is 3.23. The van der Waals surface area contributed by atoms with E-state index in [9.17, 15) is 0 Å². The number of aryl methyl sites for hydroxylation is 2. The molecule has 2 heteroatoms. The summed E-state index contributed by atoms with van der Waals surface area (Å²) in [5.41, 5.74) is 2.69. The van der Waals surface area contributed by atoms with Crippen LogP contribution in [0.2, 0.25) is 0 Å². The van der Waals surface area contributed by atoms with E-state index in [0.29, 0.717) is 0 Å². The molecular weight excluding hydrogens is 222 g/mol. The van der Waals surface area contributed by atoms with Gasteiger partial charge in [-0.3, -0.25) is 0 Å². The van der Waals surface area contributed by atoms with Crippen molar-refractivity contribution in [3.63, 3.8) is 0 Å². The average molecular weight is 243 g/mol. The predicted octanol–water partition coefficient (Wildman–Crippen LogP) is 4.00. The number of nitrogens with one attached hydrogen (secondary N) is 1. The van der Waals surface area contributed by atoms with E-state index in [0.717, 1.165) is 24.5 Å². The minimum Gasteiger partial charge on any atom is -0.465 e. The fourth-order valence-corrected chi connectivity index (χ4v) is 1.95. The highest BCUT2D eigenvalue weighted by Gasteiger charge is 2.08. The highest BCUT2D eigenvalue weighted by molar-refractivity contribution is 5.22. The Balaban J connectivity index is 1.90. The lowest BCUT2D eigenvalue weighted by Gasteiger charge is -2.11. The largest absolute Gasteiger partial charge is 0.465 e. The number of hydrogen-bond acceptors (Lipinski definition) is 2. The molecule has 1 aromatic heterocycles. The van der Waals surface area contributed by atoms with Gasteiger partial charge >= 0.3 is 0 Å². The van der Waals surface area contributed by atoms with Crippen LogP contribution in [-0.2, 0) is 13.0 Å². The Morgan fingerprint density at radius 3 is 2.28 bits per heavy atom. The summed E-state index contributed by atoms with van der Waals surface area (Å²) in [6.07, 6.45) is 1.09. The lowest BCUT2D eigenvalue weighted by molar-refractivity contribution is 0.416. The second kappa shape index (κ2) is 5.87. The molecule has 2 rings (SSSR count). The van der Waals surface area contributed by atoms with Crippen molar-refractivity contribution < 1.29 is 4.42 Å². The van der Waals surface area contributed by atoms with Crippen LogP contribution in [-0.4, -0.2) is 0 Å². The van der Waals surface area contributed by atoms with Crippen LogP contribution in [0.1, 0.15) is 42.5 Å². The minimum absolute atomic E-state index is 0.240. The molecule has 1 unspecified atom stereocenters. The van der Waals surface area contributed by atoms with E-state index < -0.39 is 0 Å². The molecule has 0 amide bonds. The van der Waals surface area contributed by atoms with Gasteiger partial charge in [0.15, 0.2) is 0 Å². The molecule has 0 aliphatic rings. The molecule has 0 radical (unpaired) electrons. The Hall–Kier alpha value is -1.54. The Labute approximate surface area is 109 Å². The molecule has 2 aromatic rings. The number of furan rings is 1. The Bertz CT molecular complexity index is 484. The SMILES string of the molecule is CCc1ccc(CNC(C)c2ccc(C)o2)cc1. The van der Waals surface area contributed by atoms with Gasteiger partial charge in [0.1, 0.15) is 11.5 Å². The van der Waals surface area contributed by atoms with Crippen LogP contribution in [0, 0.1) is 6.92 Å². The summed E-state index contributed by atoms with van der Waals surface area (Å²) >= 11 is 0. The fourth-order valence-electron chi connectivity index (χ4n) is 1.95. The topological polar surface area (TPSA) is 25.2 Å². The summed E-state index contributed by atoms with van der Waals surface area (Å²) in [7, 11) is 0. The lowest BCUT2D eigenvalue weighted by Crippen LogP contribution is -2.17. The number of benzene rings is 1. The van der Waals surface area contributed by atoms with E-state index >= 15 is 0 Å². The van der Waals surface area contributed by atoms with E-state index in [1.54, 1.807) is 0 Å². The average Bonchev–Trinajstić information content (AvgIpc) is 2.83. The second-order valence-corrected chi connectivity index (χ2v) is 4.72. The van der Waals surface area contributed by atoms with Crippen LogP contribution >= 0.6 is 0 Å². The predicted molar refractivity (Wildman–Crippen MR) is 74.5 cm³/mol. The van der Waals surface area contributed by atoms with Gasteiger partial charge < -0.3 is 9.73 Å². The Morgan fingerprint density at radius 2 is 1.72 bits per heavy atom. The van der Waals surface area contributed by atoms with Crippen LogP contribution in [0.4, 0.5) is 0 Å². The molecule has 0 saturated carbocycles. The molecule has 18 heavy (non-hydrogen) atoms. The number of hydrogen-bond donors (Lipinski definition) is 1. The van der Waals surface area contributed by atoms with Crippen LogP contribution in [0.25, 0.3) is 0 Å². The van der Waals surface area contributed by atoms with Crippen LogP contribution in [0.15, 0.2) is 40.8 Å². The summed E-state index contributed by atoms with van der Waals surface area (Å²) in [6.45, 7) is 7.14. The Morgan fingerprint density at radius 1 is 1.06 bits per heavy atom. The first-order chi connectivity index (χ1) is 8.69. The van der Waals surface area contributed by atoms with Crippen LogP contribution in [0.5, 0.6) is 0 Å². The molecule has 2 nitrogen and oxygen atoms in total. The van der Waals surface area contributed by atoms with Crippen molar-refractivity contribution in [3.8, 4) is 0 Å². The minimum atomic E-state index is 0.240. The van der Waals surface area contributed by atoms with Gasteiger partial charge in [-0.05, 0) is 43.5 Å². The maximum absolute atomic E-state index is 5.61. The van der Waals surface area contributed by atoms with E-state index in [-0.39, 0.29) is 6.04 Å². The first-order valence-corrected chi connectivity index (χ1v) is 6.56. The van der Waals surface area contributed by atoms with Gasteiger partial charge in [0.05, 0.1) is 6.04 Å². The zero-order valence-corrected chi connectivity index (χ0v) is 11.4. The maximum Gasteiger partial charge on any atom is 0.120 e. The van der Waals surface area contributed by atoms with Gasteiger partial charge in [-0.1, -0.05) is 31.2 Å². The molecule has 0 saturated heterocycles. The van der Waals surface area contributed by atoms with Crippen molar-refractivity contribution in [2.45, 2.75) is 39.8 Å². The van der Waals surface area contributed by atoms with Gasteiger partial charge in [-0.25, -0.2) is 0 Å². The third kappa shape index (κ3) is 3.23. The summed E-state index contributed by atoms with van der Waals surface area (Å²) < 4.78 is 5.61. The third-order valence-corrected chi connectivity index (χ3v) is 3.23. The molecule has 0 aliphatic heterocycles. The van der Waals surface area contributed by atoms with Gasteiger partial charge in [0.25, 0.3) is 0 Å². The van der Waals surface area contributed by atoms with Crippen molar-refractivity contribution in [1.82, 2.24) is 5.32 Å². The van der Waals surface area contributed by atoms with Gasteiger partial charge in [-0.15, -0.1) is 0 Å². The van der Waals surface area contributed by atoms with Crippen LogP contribution in [0.3, 0.4) is 0 Å². The van der Waals surface area contributed by atoms with Crippen LogP contribution < -0.4 is 5.32 Å². The molecule has 0 spiro atoms. The number of rotatable bonds is 5. The smallest absolute Gasteiger partial charge is 0.120 e. The molecule has 1 N–H and O–H groups in total. The van der Waals surface area contributed by atoms with Crippen molar-refractivity contribution in [2.24, 2.45) is 0 Å². The van der Waals surface area contributed by atoms with E-state index in [1.807, 2.05) is 19.1 Å². The first-order valence-electron chi connectivity index (χ1n) is 6.56. The molecule has 1 atom stereocenters. The van der Waals surface area contributed by atoms with E-state index in [4.69, 9.17) is 4.42 Å². The molecular formula is C16H21NO. The molecule has 0 bridgehead atoms. The lowest BCUT2D eigenvalue weighted by atomic mass is 10.1. The maximum atomic E-state index is 5.61. The summed E-state index contributed by atoms with van der Waals surface area (Å²) in [4.78, 5) is 0. The summed E-state index contributed by atoms with van der Waals surface area (Å²) in [5, 5.41) is 3.47. The molecule has 0 fully saturated rings. The fraction of sp³-hybridized carbons (Fsp3) is 0.375. The zero-order valence-electron chi connectivity index (χ0n) is 11.4. The highest BCUT2D eigenvalue weighted by atomic mass is 16.3. The monoisotopic (exact) mass is 243 g/mol.